The third kappa shape index (κ3) is 5.65. The molecule has 1 aliphatic heterocycles. The Morgan fingerprint density at radius 3 is 2.70 bits per heavy atom. The van der Waals surface area contributed by atoms with E-state index in [0.717, 1.165) is 41.5 Å². The van der Waals surface area contributed by atoms with Crippen molar-refractivity contribution in [2.24, 2.45) is 5.92 Å². The van der Waals surface area contributed by atoms with Crippen LogP contribution in [0, 0.1) is 25.2 Å². The second kappa shape index (κ2) is 10.9. The molecule has 3 nitrogen and oxygen atoms in total. The number of terminal acetylenes is 1. The number of carbonyl (C=O) groups is 1. The van der Waals surface area contributed by atoms with Gasteiger partial charge in [-0.05, 0) is 80.0 Å². The quantitative estimate of drug-likeness (QED) is 0.433. The van der Waals surface area contributed by atoms with Crippen molar-refractivity contribution in [3.8, 4) is 12.3 Å². The average Bonchev–Trinajstić information content (AvgIpc) is 2.83. The zero-order valence-corrected chi connectivity index (χ0v) is 20.2. The fraction of sp³-hybridized carbons (Fsp3) is 0.300. The van der Waals surface area contributed by atoms with Crippen molar-refractivity contribution in [3.63, 3.8) is 0 Å². The van der Waals surface area contributed by atoms with Crippen molar-refractivity contribution in [1.82, 2.24) is 10.2 Å². The molecule has 1 N–H and O–H groups in total. The lowest BCUT2D eigenvalue weighted by Gasteiger charge is -2.39. The van der Waals surface area contributed by atoms with Crippen LogP contribution in [-0.2, 0) is 11.2 Å². The highest BCUT2D eigenvalue weighted by Gasteiger charge is 2.37. The van der Waals surface area contributed by atoms with E-state index in [-0.39, 0.29) is 17.9 Å². The zero-order chi connectivity index (χ0) is 24.0. The van der Waals surface area contributed by atoms with E-state index in [4.69, 9.17) is 6.42 Å². The lowest BCUT2D eigenvalue weighted by molar-refractivity contribution is -0.135. The maximum absolute atomic E-state index is 13.2. The molecular formula is C30H34N2O. The average molecular weight is 439 g/mol. The fourth-order valence-corrected chi connectivity index (χ4v) is 4.48. The first-order valence-electron chi connectivity index (χ1n) is 11.5. The highest BCUT2D eigenvalue weighted by molar-refractivity contribution is 5.83. The van der Waals surface area contributed by atoms with E-state index in [1.54, 1.807) is 11.9 Å². The summed E-state index contributed by atoms with van der Waals surface area (Å²) in [5.41, 5.74) is 6.77. The Morgan fingerprint density at radius 2 is 2.00 bits per heavy atom. The van der Waals surface area contributed by atoms with Crippen LogP contribution in [0.1, 0.15) is 48.9 Å². The van der Waals surface area contributed by atoms with E-state index in [2.05, 4.69) is 74.1 Å². The van der Waals surface area contributed by atoms with Gasteiger partial charge in [0.25, 0.3) is 0 Å². The zero-order valence-electron chi connectivity index (χ0n) is 20.2. The van der Waals surface area contributed by atoms with Gasteiger partial charge in [-0.15, -0.1) is 6.42 Å². The highest BCUT2D eigenvalue weighted by atomic mass is 16.2. The van der Waals surface area contributed by atoms with Gasteiger partial charge in [0.15, 0.2) is 0 Å². The predicted molar refractivity (Wildman–Crippen MR) is 138 cm³/mol. The Bertz CT molecular complexity index is 1130. The van der Waals surface area contributed by atoms with Crippen molar-refractivity contribution in [2.45, 2.75) is 46.1 Å². The molecule has 1 fully saturated rings. The van der Waals surface area contributed by atoms with Crippen molar-refractivity contribution in [1.29, 1.82) is 0 Å². The molecule has 1 saturated heterocycles. The van der Waals surface area contributed by atoms with Gasteiger partial charge in [-0.1, -0.05) is 61.0 Å². The van der Waals surface area contributed by atoms with Gasteiger partial charge in [0.05, 0.1) is 12.0 Å². The predicted octanol–water partition coefficient (Wildman–Crippen LogP) is 5.87. The molecule has 1 amide bonds. The fourth-order valence-electron chi connectivity index (χ4n) is 4.48. The maximum Gasteiger partial charge on any atom is 0.233 e. The van der Waals surface area contributed by atoms with Gasteiger partial charge in [-0.2, -0.15) is 0 Å². The Labute approximate surface area is 198 Å². The van der Waals surface area contributed by atoms with E-state index < -0.39 is 0 Å². The Hall–Kier alpha value is -3.51. The lowest BCUT2D eigenvalue weighted by Crippen LogP contribution is -2.54. The van der Waals surface area contributed by atoms with Crippen molar-refractivity contribution < 1.29 is 4.79 Å². The van der Waals surface area contributed by atoms with Gasteiger partial charge in [-0.25, -0.2) is 0 Å². The van der Waals surface area contributed by atoms with E-state index in [0.29, 0.717) is 5.82 Å². The van der Waals surface area contributed by atoms with E-state index >= 15 is 0 Å². The number of rotatable bonds is 7. The van der Waals surface area contributed by atoms with Crippen LogP contribution in [-0.4, -0.2) is 23.9 Å². The molecule has 0 bridgehead atoms. The first-order chi connectivity index (χ1) is 15.8. The van der Waals surface area contributed by atoms with Crippen LogP contribution in [0.4, 0.5) is 0 Å². The second-order valence-electron chi connectivity index (χ2n) is 8.75. The van der Waals surface area contributed by atoms with Crippen molar-refractivity contribution >= 4 is 11.5 Å². The minimum Gasteiger partial charge on any atom is -0.365 e. The van der Waals surface area contributed by atoms with Crippen LogP contribution in [0.2, 0.25) is 0 Å². The van der Waals surface area contributed by atoms with Gasteiger partial charge in [0, 0.05) is 12.6 Å². The Morgan fingerprint density at radius 1 is 1.24 bits per heavy atom. The van der Waals surface area contributed by atoms with Crippen molar-refractivity contribution in [2.75, 3.05) is 7.05 Å². The topological polar surface area (TPSA) is 32.3 Å². The number of amides is 1. The molecule has 0 aromatic heterocycles. The summed E-state index contributed by atoms with van der Waals surface area (Å²) in [6.07, 6.45) is 12.6. The molecule has 0 spiro atoms. The molecule has 0 aliphatic carbocycles. The van der Waals surface area contributed by atoms with Gasteiger partial charge in [0.2, 0.25) is 5.91 Å². The monoisotopic (exact) mass is 438 g/mol. The summed E-state index contributed by atoms with van der Waals surface area (Å²) in [5.74, 6) is 3.33. The summed E-state index contributed by atoms with van der Waals surface area (Å²) in [4.78, 5) is 14.9. The summed E-state index contributed by atoms with van der Waals surface area (Å²) >= 11 is 0. The molecule has 33 heavy (non-hydrogen) atoms. The molecular weight excluding hydrogens is 404 g/mol. The summed E-state index contributed by atoms with van der Waals surface area (Å²) in [7, 11) is 1.80. The number of hydrogen-bond donors (Lipinski definition) is 1. The van der Waals surface area contributed by atoms with E-state index in [1.807, 2.05) is 25.1 Å². The van der Waals surface area contributed by atoms with Gasteiger partial charge < -0.3 is 10.2 Å². The van der Waals surface area contributed by atoms with Crippen LogP contribution in [0.3, 0.4) is 0 Å². The molecule has 170 valence electrons. The van der Waals surface area contributed by atoms with Gasteiger partial charge >= 0.3 is 0 Å². The van der Waals surface area contributed by atoms with Crippen LogP contribution in [0.25, 0.3) is 5.57 Å². The van der Waals surface area contributed by atoms with E-state index in [9.17, 15) is 4.79 Å². The number of carbonyl (C=O) groups excluding carboxylic acids is 1. The van der Waals surface area contributed by atoms with Crippen LogP contribution in [0.5, 0.6) is 0 Å². The molecule has 3 rings (SSSR count). The molecule has 2 unspecified atom stereocenters. The van der Waals surface area contributed by atoms with Crippen LogP contribution in [0.15, 0.2) is 78.7 Å². The SMILES string of the molecule is C#Cc1cccc(C(=C/C)/C=C(\C)C2NC(=C)N(C)C(=O)C2CCCc2ccccc2C)c1. The van der Waals surface area contributed by atoms with E-state index in [1.165, 1.54) is 11.1 Å². The molecule has 3 heteroatoms. The number of nitrogens with one attached hydrogen (secondary N) is 1. The molecule has 1 heterocycles. The molecule has 2 atom stereocenters. The number of nitrogens with zero attached hydrogens (tertiary/aromatic N) is 1. The lowest BCUT2D eigenvalue weighted by atomic mass is 9.84. The first-order valence-corrected chi connectivity index (χ1v) is 11.5. The summed E-state index contributed by atoms with van der Waals surface area (Å²) in [6.45, 7) is 10.3. The summed E-state index contributed by atoms with van der Waals surface area (Å²) < 4.78 is 0. The smallest absolute Gasteiger partial charge is 0.233 e. The van der Waals surface area contributed by atoms with Crippen LogP contribution < -0.4 is 5.32 Å². The van der Waals surface area contributed by atoms with Crippen LogP contribution >= 0.6 is 0 Å². The molecule has 2 aromatic carbocycles. The Kier molecular flexibility index (Phi) is 7.96. The van der Waals surface area contributed by atoms with Crippen molar-refractivity contribution in [3.05, 3.63) is 101 Å². The molecule has 2 aromatic rings. The molecule has 0 saturated carbocycles. The summed E-state index contributed by atoms with van der Waals surface area (Å²) in [5, 5.41) is 3.49. The Balaban J connectivity index is 1.83. The van der Waals surface area contributed by atoms with Gasteiger partial charge in [0.1, 0.15) is 5.82 Å². The minimum atomic E-state index is -0.143. The number of aryl methyl sites for hydroxylation is 2. The summed E-state index contributed by atoms with van der Waals surface area (Å²) in [6, 6.07) is 16.4. The molecule has 1 aliphatic rings. The highest BCUT2D eigenvalue weighted by Crippen LogP contribution is 2.29. The third-order valence-corrected chi connectivity index (χ3v) is 6.55. The minimum absolute atomic E-state index is 0.0937. The number of benzene rings is 2. The normalized spacial score (nSPS) is 19.3. The molecule has 0 radical (unpaired) electrons. The second-order valence-corrected chi connectivity index (χ2v) is 8.75. The largest absolute Gasteiger partial charge is 0.365 e. The standard InChI is InChI=1S/C30H34N2O/c1-7-24-14-11-17-27(20-24)25(8-2)19-22(4)29-28(30(33)32(6)23(5)31-29)18-12-16-26-15-10-9-13-21(26)3/h1,8-11,13-15,17,19-20,28-29,31H,5,12,16,18H2,2-4,6H3/b22-19+,25-8+. The number of hydrogen-bond acceptors (Lipinski definition) is 2. The van der Waals surface area contributed by atoms with Gasteiger partial charge in [-0.3, -0.25) is 4.79 Å². The number of allylic oxidation sites excluding steroid dienone is 3. The maximum atomic E-state index is 13.2. The first kappa shape index (κ1) is 24.1. The third-order valence-electron chi connectivity index (χ3n) is 6.55.